The Morgan fingerprint density at radius 3 is 2.40 bits per heavy atom. The van der Waals surface area contributed by atoms with Crippen LogP contribution in [-0.2, 0) is 4.79 Å². The molecule has 1 rings (SSSR count). The molecule has 2 amide bonds. The number of hydrogen-bond acceptors (Lipinski definition) is 2. The fourth-order valence-electron chi connectivity index (χ4n) is 1.82. The highest BCUT2D eigenvalue weighted by Crippen LogP contribution is 2.17. The molecule has 0 heterocycles. The van der Waals surface area contributed by atoms with Crippen LogP contribution in [0.3, 0.4) is 0 Å². The van der Waals surface area contributed by atoms with Crippen LogP contribution < -0.4 is 10.6 Å². The highest BCUT2D eigenvalue weighted by Gasteiger charge is 2.20. The van der Waals surface area contributed by atoms with E-state index < -0.39 is 12.1 Å². The molecular formula is C10H18N2O3. The van der Waals surface area contributed by atoms with Gasteiger partial charge in [-0.1, -0.05) is 19.3 Å². The predicted molar refractivity (Wildman–Crippen MR) is 55.6 cm³/mol. The lowest BCUT2D eigenvalue weighted by Crippen LogP contribution is -2.48. The topological polar surface area (TPSA) is 78.4 Å². The van der Waals surface area contributed by atoms with E-state index in [1.807, 2.05) is 0 Å². The van der Waals surface area contributed by atoms with Crippen molar-refractivity contribution in [3.63, 3.8) is 0 Å². The smallest absolute Gasteiger partial charge is 0.405 e. The molecule has 1 aliphatic carbocycles. The molecule has 5 heteroatoms. The number of carbonyl (C=O) groups is 2. The number of amides is 2. The summed E-state index contributed by atoms with van der Waals surface area (Å²) in [5, 5.41) is 13.4. The second-order valence-electron chi connectivity index (χ2n) is 4.01. The third-order valence-corrected chi connectivity index (χ3v) is 2.68. The lowest BCUT2D eigenvalue weighted by molar-refractivity contribution is -0.123. The van der Waals surface area contributed by atoms with Crippen LogP contribution in [0.25, 0.3) is 0 Å². The highest BCUT2D eigenvalue weighted by molar-refractivity contribution is 5.84. The zero-order valence-corrected chi connectivity index (χ0v) is 8.95. The number of rotatable bonds is 3. The zero-order chi connectivity index (χ0) is 11.3. The van der Waals surface area contributed by atoms with E-state index in [0.29, 0.717) is 0 Å². The molecule has 1 atom stereocenters. The van der Waals surface area contributed by atoms with Gasteiger partial charge in [0.1, 0.15) is 6.04 Å². The van der Waals surface area contributed by atoms with Crippen molar-refractivity contribution in [3.05, 3.63) is 0 Å². The van der Waals surface area contributed by atoms with Crippen molar-refractivity contribution in [1.29, 1.82) is 0 Å². The van der Waals surface area contributed by atoms with Crippen LogP contribution in [0.1, 0.15) is 39.0 Å². The van der Waals surface area contributed by atoms with Gasteiger partial charge in [0.15, 0.2) is 0 Å². The Morgan fingerprint density at radius 2 is 1.87 bits per heavy atom. The van der Waals surface area contributed by atoms with Crippen LogP contribution in [0.2, 0.25) is 0 Å². The summed E-state index contributed by atoms with van der Waals surface area (Å²) in [7, 11) is 0. The largest absolute Gasteiger partial charge is 0.465 e. The second-order valence-corrected chi connectivity index (χ2v) is 4.01. The molecule has 86 valence electrons. The van der Waals surface area contributed by atoms with Gasteiger partial charge in [-0.15, -0.1) is 0 Å². The van der Waals surface area contributed by atoms with Crippen molar-refractivity contribution in [2.45, 2.75) is 51.1 Å². The van der Waals surface area contributed by atoms with E-state index in [2.05, 4.69) is 10.6 Å². The number of nitrogens with one attached hydrogen (secondary N) is 2. The molecule has 0 aliphatic heterocycles. The molecule has 0 saturated heterocycles. The summed E-state index contributed by atoms with van der Waals surface area (Å²) in [6, 6.07) is -0.450. The number of carboxylic acid groups (broad SMARTS) is 1. The lowest BCUT2D eigenvalue weighted by atomic mass is 9.95. The lowest BCUT2D eigenvalue weighted by Gasteiger charge is -2.24. The van der Waals surface area contributed by atoms with E-state index in [1.165, 1.54) is 6.42 Å². The minimum absolute atomic E-state index is 0.226. The number of hydrogen-bond donors (Lipinski definition) is 3. The summed E-state index contributed by atoms with van der Waals surface area (Å²) in [6.07, 6.45) is 4.37. The van der Waals surface area contributed by atoms with Crippen LogP contribution in [0.4, 0.5) is 4.79 Å². The molecule has 0 aromatic rings. The molecule has 5 nitrogen and oxygen atoms in total. The van der Waals surface area contributed by atoms with Gasteiger partial charge in [-0.05, 0) is 19.8 Å². The second kappa shape index (κ2) is 5.58. The van der Waals surface area contributed by atoms with E-state index in [9.17, 15) is 9.59 Å². The minimum Gasteiger partial charge on any atom is -0.465 e. The molecule has 0 spiro atoms. The van der Waals surface area contributed by atoms with Crippen LogP contribution in [0.5, 0.6) is 0 Å². The van der Waals surface area contributed by atoms with E-state index in [1.54, 1.807) is 6.92 Å². The minimum atomic E-state index is -1.17. The molecule has 0 unspecified atom stereocenters. The van der Waals surface area contributed by atoms with Crippen molar-refractivity contribution in [3.8, 4) is 0 Å². The van der Waals surface area contributed by atoms with Crippen molar-refractivity contribution >= 4 is 12.0 Å². The molecule has 3 N–H and O–H groups in total. The first kappa shape index (κ1) is 11.8. The van der Waals surface area contributed by atoms with Gasteiger partial charge in [0.25, 0.3) is 0 Å². The SMILES string of the molecule is C[C@H](NC(=O)O)C(=O)NC1CCCCC1. The first-order chi connectivity index (χ1) is 7.09. The Balaban J connectivity index is 2.30. The van der Waals surface area contributed by atoms with Gasteiger partial charge in [0, 0.05) is 6.04 Å². The van der Waals surface area contributed by atoms with Crippen LogP contribution >= 0.6 is 0 Å². The average Bonchev–Trinajstić information content (AvgIpc) is 2.18. The quantitative estimate of drug-likeness (QED) is 0.658. The Kier molecular flexibility index (Phi) is 4.39. The summed E-state index contributed by atoms with van der Waals surface area (Å²) in [4.78, 5) is 21.8. The van der Waals surface area contributed by atoms with Crippen LogP contribution in [0.15, 0.2) is 0 Å². The zero-order valence-electron chi connectivity index (χ0n) is 8.95. The average molecular weight is 214 g/mol. The first-order valence-electron chi connectivity index (χ1n) is 5.39. The van der Waals surface area contributed by atoms with Gasteiger partial charge in [0.2, 0.25) is 5.91 Å². The molecule has 0 aromatic heterocycles. The summed E-state index contributed by atoms with van der Waals surface area (Å²) in [5.41, 5.74) is 0. The standard InChI is InChI=1S/C10H18N2O3/c1-7(11-10(14)15)9(13)12-8-5-3-2-4-6-8/h7-8,11H,2-6H2,1H3,(H,12,13)(H,14,15)/t7-/m0/s1. The summed E-state index contributed by atoms with van der Waals surface area (Å²) in [5.74, 6) is -0.232. The van der Waals surface area contributed by atoms with Crippen molar-refractivity contribution in [2.24, 2.45) is 0 Å². The molecule has 1 aliphatic rings. The Labute approximate surface area is 89.2 Å². The van der Waals surface area contributed by atoms with Gasteiger partial charge in [-0.25, -0.2) is 4.79 Å². The normalized spacial score (nSPS) is 19.3. The van der Waals surface area contributed by atoms with E-state index in [4.69, 9.17) is 5.11 Å². The van der Waals surface area contributed by atoms with Gasteiger partial charge in [0.05, 0.1) is 0 Å². The van der Waals surface area contributed by atoms with Gasteiger partial charge >= 0.3 is 6.09 Å². The summed E-state index contributed by atoms with van der Waals surface area (Å²) < 4.78 is 0. The van der Waals surface area contributed by atoms with Crippen LogP contribution in [-0.4, -0.2) is 29.2 Å². The Morgan fingerprint density at radius 1 is 1.27 bits per heavy atom. The van der Waals surface area contributed by atoms with Crippen molar-refractivity contribution < 1.29 is 14.7 Å². The van der Waals surface area contributed by atoms with Crippen molar-refractivity contribution in [1.82, 2.24) is 10.6 Å². The molecule has 0 aromatic carbocycles. The molecule has 15 heavy (non-hydrogen) atoms. The van der Waals surface area contributed by atoms with E-state index in [-0.39, 0.29) is 11.9 Å². The summed E-state index contributed by atoms with van der Waals surface area (Å²) >= 11 is 0. The predicted octanol–water partition coefficient (Wildman–Crippen LogP) is 1.09. The number of carbonyl (C=O) groups excluding carboxylic acids is 1. The Hall–Kier alpha value is -1.26. The third kappa shape index (κ3) is 4.18. The first-order valence-corrected chi connectivity index (χ1v) is 5.39. The van der Waals surface area contributed by atoms with E-state index in [0.717, 1.165) is 25.7 Å². The molecule has 0 bridgehead atoms. The fourth-order valence-corrected chi connectivity index (χ4v) is 1.82. The molecule has 1 fully saturated rings. The summed E-state index contributed by atoms with van der Waals surface area (Å²) in [6.45, 7) is 1.55. The fraction of sp³-hybridized carbons (Fsp3) is 0.800. The maximum atomic E-state index is 11.5. The van der Waals surface area contributed by atoms with Crippen molar-refractivity contribution in [2.75, 3.05) is 0 Å². The maximum Gasteiger partial charge on any atom is 0.405 e. The molecule has 0 radical (unpaired) electrons. The monoisotopic (exact) mass is 214 g/mol. The third-order valence-electron chi connectivity index (χ3n) is 2.68. The van der Waals surface area contributed by atoms with Gasteiger partial charge < -0.3 is 15.7 Å². The van der Waals surface area contributed by atoms with Gasteiger partial charge in [-0.2, -0.15) is 0 Å². The Bertz CT molecular complexity index is 237. The highest BCUT2D eigenvalue weighted by atomic mass is 16.4. The maximum absolute atomic E-state index is 11.5. The van der Waals surface area contributed by atoms with E-state index >= 15 is 0 Å². The van der Waals surface area contributed by atoms with Gasteiger partial charge in [-0.3, -0.25) is 4.79 Å². The molecule has 1 saturated carbocycles. The van der Waals surface area contributed by atoms with Crippen LogP contribution in [0, 0.1) is 0 Å². The molecular weight excluding hydrogens is 196 g/mol.